The van der Waals surface area contributed by atoms with Crippen LogP contribution in [-0.4, -0.2) is 11.7 Å². The predicted molar refractivity (Wildman–Crippen MR) is 85.2 cm³/mol. The quantitative estimate of drug-likeness (QED) is 0.729. The smallest absolute Gasteiger partial charge is 0.143 e. The minimum atomic E-state index is 0.700. The second-order valence-corrected chi connectivity index (χ2v) is 5.75. The molecule has 106 valence electrons. The SMILES string of the molecule is C=C(c1cn(CCCC)c2c(OC)cccc12)C1CC1. The van der Waals surface area contributed by atoms with Crippen molar-refractivity contribution in [2.75, 3.05) is 7.11 Å². The second-order valence-electron chi connectivity index (χ2n) is 5.75. The highest BCUT2D eigenvalue weighted by Crippen LogP contribution is 2.44. The van der Waals surface area contributed by atoms with Gasteiger partial charge in [0.1, 0.15) is 5.75 Å². The molecule has 2 aromatic rings. The highest BCUT2D eigenvalue weighted by atomic mass is 16.5. The molecule has 0 atom stereocenters. The largest absolute Gasteiger partial charge is 0.495 e. The average molecular weight is 269 g/mol. The molecule has 1 aromatic carbocycles. The zero-order valence-electron chi connectivity index (χ0n) is 12.5. The van der Waals surface area contributed by atoms with E-state index in [1.807, 2.05) is 0 Å². The number of para-hydroxylation sites is 1. The number of nitrogens with zero attached hydrogens (tertiary/aromatic N) is 1. The summed E-state index contributed by atoms with van der Waals surface area (Å²) in [6, 6.07) is 6.33. The Balaban J connectivity index is 2.13. The van der Waals surface area contributed by atoms with Crippen molar-refractivity contribution in [1.82, 2.24) is 4.57 Å². The molecule has 3 rings (SSSR count). The van der Waals surface area contributed by atoms with Crippen LogP contribution in [-0.2, 0) is 6.54 Å². The first-order valence-electron chi connectivity index (χ1n) is 7.61. The lowest BCUT2D eigenvalue weighted by Crippen LogP contribution is -1.97. The maximum absolute atomic E-state index is 5.57. The Morgan fingerprint density at radius 3 is 2.85 bits per heavy atom. The lowest BCUT2D eigenvalue weighted by molar-refractivity contribution is 0.417. The maximum atomic E-state index is 5.57. The molecule has 0 spiro atoms. The van der Waals surface area contributed by atoms with Crippen LogP contribution in [0.3, 0.4) is 0 Å². The monoisotopic (exact) mass is 269 g/mol. The minimum Gasteiger partial charge on any atom is -0.495 e. The van der Waals surface area contributed by atoms with Crippen LogP contribution in [0.5, 0.6) is 5.75 Å². The summed E-state index contributed by atoms with van der Waals surface area (Å²) < 4.78 is 7.91. The third kappa shape index (κ3) is 2.24. The van der Waals surface area contributed by atoms with Crippen molar-refractivity contribution in [3.63, 3.8) is 0 Å². The normalized spacial score (nSPS) is 14.7. The van der Waals surface area contributed by atoms with Crippen molar-refractivity contribution in [2.45, 2.75) is 39.2 Å². The van der Waals surface area contributed by atoms with Gasteiger partial charge in [-0.05, 0) is 36.8 Å². The summed E-state index contributed by atoms with van der Waals surface area (Å²) in [6.07, 6.45) is 7.27. The van der Waals surface area contributed by atoms with Gasteiger partial charge in [-0.1, -0.05) is 32.1 Å². The average Bonchev–Trinajstić information content (AvgIpc) is 3.26. The number of aromatic nitrogens is 1. The van der Waals surface area contributed by atoms with Crippen molar-refractivity contribution in [3.8, 4) is 5.75 Å². The van der Waals surface area contributed by atoms with Gasteiger partial charge in [0.05, 0.1) is 12.6 Å². The van der Waals surface area contributed by atoms with Crippen LogP contribution < -0.4 is 4.74 Å². The molecule has 0 unspecified atom stereocenters. The fourth-order valence-electron chi connectivity index (χ4n) is 2.90. The molecule has 1 fully saturated rings. The first-order chi connectivity index (χ1) is 9.76. The summed E-state index contributed by atoms with van der Waals surface area (Å²) in [5.74, 6) is 1.67. The molecule has 1 heterocycles. The maximum Gasteiger partial charge on any atom is 0.143 e. The van der Waals surface area contributed by atoms with Gasteiger partial charge in [-0.3, -0.25) is 0 Å². The first kappa shape index (κ1) is 13.3. The first-order valence-corrected chi connectivity index (χ1v) is 7.61. The highest BCUT2D eigenvalue weighted by molar-refractivity contribution is 5.96. The van der Waals surface area contributed by atoms with E-state index in [0.717, 1.165) is 12.3 Å². The van der Waals surface area contributed by atoms with Gasteiger partial charge in [-0.15, -0.1) is 0 Å². The lowest BCUT2D eigenvalue weighted by Gasteiger charge is -2.08. The Morgan fingerprint density at radius 2 is 2.20 bits per heavy atom. The van der Waals surface area contributed by atoms with E-state index in [-0.39, 0.29) is 0 Å². The Morgan fingerprint density at radius 1 is 1.40 bits per heavy atom. The van der Waals surface area contributed by atoms with Gasteiger partial charge >= 0.3 is 0 Å². The lowest BCUT2D eigenvalue weighted by atomic mass is 10.0. The van der Waals surface area contributed by atoms with Crippen LogP contribution in [0.4, 0.5) is 0 Å². The number of methoxy groups -OCH3 is 1. The number of hydrogen-bond acceptors (Lipinski definition) is 1. The molecule has 1 aliphatic rings. The molecule has 0 amide bonds. The summed E-state index contributed by atoms with van der Waals surface area (Å²) in [5, 5.41) is 1.29. The van der Waals surface area contributed by atoms with E-state index in [2.05, 4.69) is 42.5 Å². The third-order valence-electron chi connectivity index (χ3n) is 4.25. The van der Waals surface area contributed by atoms with Gasteiger partial charge in [-0.25, -0.2) is 0 Å². The zero-order chi connectivity index (χ0) is 14.1. The number of ether oxygens (including phenoxy) is 1. The van der Waals surface area contributed by atoms with E-state index in [1.165, 1.54) is 47.7 Å². The van der Waals surface area contributed by atoms with Crippen LogP contribution in [0.1, 0.15) is 38.2 Å². The molecule has 1 aromatic heterocycles. The van der Waals surface area contributed by atoms with Crippen molar-refractivity contribution in [1.29, 1.82) is 0 Å². The summed E-state index contributed by atoms with van der Waals surface area (Å²) in [5.41, 5.74) is 3.84. The number of aryl methyl sites for hydroxylation is 1. The van der Waals surface area contributed by atoms with Gasteiger partial charge < -0.3 is 9.30 Å². The summed E-state index contributed by atoms with van der Waals surface area (Å²) in [4.78, 5) is 0. The molecule has 20 heavy (non-hydrogen) atoms. The second kappa shape index (κ2) is 5.35. The predicted octanol–water partition coefficient (Wildman–Crippen LogP) is 4.87. The van der Waals surface area contributed by atoms with Crippen molar-refractivity contribution in [2.24, 2.45) is 5.92 Å². The molecule has 0 aliphatic heterocycles. The van der Waals surface area contributed by atoms with Crippen LogP contribution in [0.15, 0.2) is 31.0 Å². The highest BCUT2D eigenvalue weighted by Gasteiger charge is 2.27. The van der Waals surface area contributed by atoms with E-state index in [9.17, 15) is 0 Å². The van der Waals surface area contributed by atoms with E-state index in [0.29, 0.717) is 5.92 Å². The standard InChI is InChI=1S/C18H23NO/c1-4-5-11-19-12-16(13(2)14-9-10-14)15-7-6-8-17(20-3)18(15)19/h6-8,12,14H,2,4-5,9-11H2,1,3H3. The van der Waals surface area contributed by atoms with Crippen LogP contribution in [0.25, 0.3) is 16.5 Å². The van der Waals surface area contributed by atoms with Crippen molar-refractivity contribution >= 4 is 16.5 Å². The molecule has 2 nitrogen and oxygen atoms in total. The molecule has 0 bridgehead atoms. The number of allylic oxidation sites excluding steroid dienone is 1. The van der Waals surface area contributed by atoms with E-state index >= 15 is 0 Å². The number of fused-ring (bicyclic) bond motifs is 1. The molecule has 0 N–H and O–H groups in total. The summed E-state index contributed by atoms with van der Waals surface area (Å²) in [7, 11) is 1.75. The number of unbranched alkanes of at least 4 members (excludes halogenated alkanes) is 1. The summed E-state index contributed by atoms with van der Waals surface area (Å²) in [6.45, 7) is 7.61. The Labute approximate surface area is 121 Å². The van der Waals surface area contributed by atoms with Gasteiger partial charge in [0.15, 0.2) is 0 Å². The van der Waals surface area contributed by atoms with Gasteiger partial charge in [0.2, 0.25) is 0 Å². The molecule has 1 saturated carbocycles. The Hall–Kier alpha value is -1.70. The van der Waals surface area contributed by atoms with Crippen molar-refractivity contribution < 1.29 is 4.74 Å². The van der Waals surface area contributed by atoms with Gasteiger partial charge in [-0.2, -0.15) is 0 Å². The number of rotatable bonds is 6. The number of benzene rings is 1. The van der Waals surface area contributed by atoms with Crippen LogP contribution >= 0.6 is 0 Å². The zero-order valence-corrected chi connectivity index (χ0v) is 12.5. The minimum absolute atomic E-state index is 0.700. The fourth-order valence-corrected chi connectivity index (χ4v) is 2.90. The molecule has 0 radical (unpaired) electrons. The molecular formula is C18H23NO. The summed E-state index contributed by atoms with van der Waals surface area (Å²) >= 11 is 0. The van der Waals surface area contributed by atoms with Crippen molar-refractivity contribution in [3.05, 3.63) is 36.5 Å². The third-order valence-corrected chi connectivity index (χ3v) is 4.25. The molecular weight excluding hydrogens is 246 g/mol. The van der Waals surface area contributed by atoms with Crippen LogP contribution in [0, 0.1) is 5.92 Å². The fraction of sp³-hybridized carbons (Fsp3) is 0.444. The Bertz CT molecular complexity index is 634. The van der Waals surface area contributed by atoms with Gasteiger partial charge in [0.25, 0.3) is 0 Å². The number of hydrogen-bond donors (Lipinski definition) is 0. The topological polar surface area (TPSA) is 14.2 Å². The van der Waals surface area contributed by atoms with E-state index in [4.69, 9.17) is 4.74 Å². The Kier molecular flexibility index (Phi) is 3.56. The van der Waals surface area contributed by atoms with Gasteiger partial charge in [0, 0.05) is 23.7 Å². The molecule has 1 aliphatic carbocycles. The van der Waals surface area contributed by atoms with Crippen LogP contribution in [0.2, 0.25) is 0 Å². The van der Waals surface area contributed by atoms with E-state index < -0.39 is 0 Å². The molecule has 2 heteroatoms. The molecule has 0 saturated heterocycles. The van der Waals surface area contributed by atoms with E-state index in [1.54, 1.807) is 7.11 Å².